The Morgan fingerprint density at radius 2 is 1.86 bits per heavy atom. The molecule has 0 amide bonds. The van der Waals surface area contributed by atoms with E-state index in [1.807, 2.05) is 13.8 Å². The first-order valence-corrected chi connectivity index (χ1v) is 6.63. The summed E-state index contributed by atoms with van der Waals surface area (Å²) in [5, 5.41) is 9.32. The lowest BCUT2D eigenvalue weighted by Crippen LogP contribution is -2.04. The number of aromatic hydroxyl groups is 1. The molecule has 0 unspecified atom stereocenters. The number of nitrogens with zero attached hydrogens (tertiary/aromatic N) is 2. The van der Waals surface area contributed by atoms with Gasteiger partial charge in [-0.2, -0.15) is 0 Å². The highest BCUT2D eigenvalue weighted by Gasteiger charge is 2.18. The fourth-order valence-corrected chi connectivity index (χ4v) is 2.46. The van der Waals surface area contributed by atoms with Crippen LogP contribution in [0.1, 0.15) is 19.9 Å². The Balaban J connectivity index is 2.34. The molecular formula is C16H14F2N2O. The number of hydrogen-bond donors (Lipinski definition) is 1. The highest BCUT2D eigenvalue weighted by molar-refractivity contribution is 5.81. The maximum atomic E-state index is 14.1. The molecule has 0 radical (unpaired) electrons. The van der Waals surface area contributed by atoms with E-state index in [2.05, 4.69) is 4.98 Å². The molecule has 3 rings (SSSR count). The summed E-state index contributed by atoms with van der Waals surface area (Å²) in [6.07, 6.45) is 0. The van der Waals surface area contributed by atoms with Crippen LogP contribution < -0.4 is 0 Å². The highest BCUT2D eigenvalue weighted by Crippen LogP contribution is 2.31. The summed E-state index contributed by atoms with van der Waals surface area (Å²) in [6.45, 7) is 3.85. The third-order valence-corrected chi connectivity index (χ3v) is 3.36. The number of aromatic nitrogens is 2. The van der Waals surface area contributed by atoms with Gasteiger partial charge in [-0.15, -0.1) is 0 Å². The van der Waals surface area contributed by atoms with Crippen molar-refractivity contribution in [1.82, 2.24) is 9.55 Å². The Hall–Kier alpha value is -2.43. The number of phenolic OH excluding ortho intramolecular Hbond substituents is 1. The van der Waals surface area contributed by atoms with Crippen molar-refractivity contribution in [1.29, 1.82) is 0 Å². The molecule has 1 N–H and O–H groups in total. The minimum absolute atomic E-state index is 0.0139. The molecule has 0 spiro atoms. The van der Waals surface area contributed by atoms with Crippen molar-refractivity contribution >= 4 is 11.0 Å². The average molecular weight is 288 g/mol. The van der Waals surface area contributed by atoms with Gasteiger partial charge in [-0.3, -0.25) is 0 Å². The topological polar surface area (TPSA) is 38.0 Å². The van der Waals surface area contributed by atoms with Crippen LogP contribution in [0.3, 0.4) is 0 Å². The van der Waals surface area contributed by atoms with Gasteiger partial charge >= 0.3 is 0 Å². The minimum Gasteiger partial charge on any atom is -0.508 e. The SMILES string of the molecule is CC(C)n1c(-c2ccc(O)cc2F)nc2ccc(F)cc21. The zero-order chi connectivity index (χ0) is 15.1. The molecule has 3 nitrogen and oxygen atoms in total. The number of fused-ring (bicyclic) bond motifs is 1. The van der Waals surface area contributed by atoms with E-state index in [4.69, 9.17) is 0 Å². The first-order chi connectivity index (χ1) is 9.97. The number of halogens is 2. The van der Waals surface area contributed by atoms with Gasteiger partial charge < -0.3 is 9.67 Å². The predicted octanol–water partition coefficient (Wildman–Crippen LogP) is 4.27. The van der Waals surface area contributed by atoms with Crippen molar-refractivity contribution in [3.05, 3.63) is 48.0 Å². The molecule has 0 atom stereocenters. The van der Waals surface area contributed by atoms with E-state index < -0.39 is 5.82 Å². The quantitative estimate of drug-likeness (QED) is 0.764. The zero-order valence-corrected chi connectivity index (χ0v) is 11.6. The number of phenols is 1. The third kappa shape index (κ3) is 2.24. The summed E-state index contributed by atoms with van der Waals surface area (Å²) in [4.78, 5) is 4.41. The van der Waals surface area contributed by atoms with Crippen LogP contribution in [0.25, 0.3) is 22.4 Å². The molecule has 1 heterocycles. The maximum absolute atomic E-state index is 14.1. The molecule has 0 fully saturated rings. The Kier molecular flexibility index (Phi) is 3.12. The molecule has 108 valence electrons. The minimum atomic E-state index is -0.562. The van der Waals surface area contributed by atoms with Crippen LogP contribution in [0, 0.1) is 11.6 Å². The summed E-state index contributed by atoms with van der Waals surface area (Å²) in [5.74, 6) is -0.646. The van der Waals surface area contributed by atoms with E-state index >= 15 is 0 Å². The van der Waals surface area contributed by atoms with Gasteiger partial charge in [0.1, 0.15) is 23.2 Å². The van der Waals surface area contributed by atoms with Crippen LogP contribution in [0.4, 0.5) is 8.78 Å². The Labute approximate surface area is 120 Å². The van der Waals surface area contributed by atoms with Crippen LogP contribution >= 0.6 is 0 Å². The predicted molar refractivity (Wildman–Crippen MR) is 77.1 cm³/mol. The van der Waals surface area contributed by atoms with Crippen molar-refractivity contribution in [3.63, 3.8) is 0 Å². The monoisotopic (exact) mass is 288 g/mol. The van der Waals surface area contributed by atoms with Gasteiger partial charge in [0.25, 0.3) is 0 Å². The van der Waals surface area contributed by atoms with E-state index in [9.17, 15) is 13.9 Å². The van der Waals surface area contributed by atoms with Crippen molar-refractivity contribution in [2.24, 2.45) is 0 Å². The second-order valence-corrected chi connectivity index (χ2v) is 5.20. The van der Waals surface area contributed by atoms with E-state index in [1.54, 1.807) is 10.6 Å². The molecule has 0 aliphatic carbocycles. The van der Waals surface area contributed by atoms with Gasteiger partial charge in [0.15, 0.2) is 0 Å². The molecule has 0 saturated carbocycles. The lowest BCUT2D eigenvalue weighted by molar-refractivity contribution is 0.469. The van der Waals surface area contributed by atoms with Gasteiger partial charge in [-0.25, -0.2) is 13.8 Å². The van der Waals surface area contributed by atoms with Crippen LogP contribution in [0.2, 0.25) is 0 Å². The highest BCUT2D eigenvalue weighted by atomic mass is 19.1. The molecule has 0 saturated heterocycles. The molecule has 0 aliphatic rings. The van der Waals surface area contributed by atoms with Crippen molar-refractivity contribution in [3.8, 4) is 17.1 Å². The summed E-state index contributed by atoms with van der Waals surface area (Å²) in [5.41, 5.74) is 1.50. The maximum Gasteiger partial charge on any atom is 0.144 e. The molecular weight excluding hydrogens is 274 g/mol. The van der Waals surface area contributed by atoms with Gasteiger partial charge in [0.2, 0.25) is 0 Å². The fraction of sp³-hybridized carbons (Fsp3) is 0.188. The normalized spacial score (nSPS) is 11.5. The van der Waals surface area contributed by atoms with E-state index in [0.29, 0.717) is 16.9 Å². The average Bonchev–Trinajstić information content (AvgIpc) is 2.76. The first kappa shape index (κ1) is 13.5. The van der Waals surface area contributed by atoms with Crippen molar-refractivity contribution < 1.29 is 13.9 Å². The van der Waals surface area contributed by atoms with Gasteiger partial charge in [-0.1, -0.05) is 0 Å². The van der Waals surface area contributed by atoms with Gasteiger partial charge in [0, 0.05) is 12.1 Å². The number of imidazole rings is 1. The van der Waals surface area contributed by atoms with E-state index in [-0.39, 0.29) is 23.2 Å². The molecule has 0 bridgehead atoms. The Bertz CT molecular complexity index is 825. The summed E-state index contributed by atoms with van der Waals surface area (Å²) in [6, 6.07) is 8.20. The molecule has 0 aliphatic heterocycles. The molecule has 1 aromatic heterocycles. The standard InChI is InChI=1S/C16H14F2N2O/c1-9(2)20-15-7-10(17)3-6-14(15)19-16(20)12-5-4-11(21)8-13(12)18/h3-9,21H,1-2H3. The van der Waals surface area contributed by atoms with Gasteiger partial charge in [-0.05, 0) is 44.2 Å². The molecule has 3 aromatic rings. The fourth-order valence-electron chi connectivity index (χ4n) is 2.46. The Morgan fingerprint density at radius 1 is 1.10 bits per heavy atom. The van der Waals surface area contributed by atoms with Crippen LogP contribution in [0.15, 0.2) is 36.4 Å². The number of hydrogen-bond acceptors (Lipinski definition) is 2. The lowest BCUT2D eigenvalue weighted by atomic mass is 10.2. The van der Waals surface area contributed by atoms with Gasteiger partial charge in [0.05, 0.1) is 16.6 Å². The second-order valence-electron chi connectivity index (χ2n) is 5.20. The summed E-state index contributed by atoms with van der Waals surface area (Å²) < 4.78 is 29.4. The number of rotatable bonds is 2. The van der Waals surface area contributed by atoms with Crippen molar-refractivity contribution in [2.45, 2.75) is 19.9 Å². The van der Waals surface area contributed by atoms with Crippen molar-refractivity contribution in [2.75, 3.05) is 0 Å². The number of benzene rings is 2. The Morgan fingerprint density at radius 3 is 2.52 bits per heavy atom. The summed E-state index contributed by atoms with van der Waals surface area (Å²) in [7, 11) is 0. The van der Waals surface area contributed by atoms with Crippen LogP contribution in [-0.2, 0) is 0 Å². The van der Waals surface area contributed by atoms with E-state index in [1.165, 1.54) is 24.3 Å². The van der Waals surface area contributed by atoms with Crippen LogP contribution in [0.5, 0.6) is 5.75 Å². The third-order valence-electron chi connectivity index (χ3n) is 3.36. The summed E-state index contributed by atoms with van der Waals surface area (Å²) >= 11 is 0. The molecule has 5 heteroatoms. The van der Waals surface area contributed by atoms with E-state index in [0.717, 1.165) is 6.07 Å². The molecule has 21 heavy (non-hydrogen) atoms. The smallest absolute Gasteiger partial charge is 0.144 e. The van der Waals surface area contributed by atoms with Crippen LogP contribution in [-0.4, -0.2) is 14.7 Å². The first-order valence-electron chi connectivity index (χ1n) is 6.63. The lowest BCUT2D eigenvalue weighted by Gasteiger charge is -2.13. The second kappa shape index (κ2) is 4.84. The largest absolute Gasteiger partial charge is 0.508 e. The zero-order valence-electron chi connectivity index (χ0n) is 11.6. The molecule has 2 aromatic carbocycles.